The van der Waals surface area contributed by atoms with Gasteiger partial charge in [0, 0.05) is 18.2 Å². The first-order valence-electron chi connectivity index (χ1n) is 8.07. The maximum atomic E-state index is 14.1. The standard InChI is InChI=1S/C17H23FN2O5/c1-4-20(9-16(21)22)11-5-10(6-11)19-17(23)12-7-14(24-2)15(25-3)8-13(12)18/h7-8,10-11H,4-6,9H2,1-3H3,(H,19,23)(H,21,22). The highest BCUT2D eigenvalue weighted by Crippen LogP contribution is 2.31. The van der Waals surface area contributed by atoms with E-state index in [0.717, 1.165) is 6.07 Å². The largest absolute Gasteiger partial charge is 0.493 e. The molecule has 0 spiro atoms. The van der Waals surface area contributed by atoms with Crippen molar-refractivity contribution in [3.05, 3.63) is 23.5 Å². The van der Waals surface area contributed by atoms with Gasteiger partial charge in [0.1, 0.15) is 5.82 Å². The molecule has 7 nitrogen and oxygen atoms in total. The van der Waals surface area contributed by atoms with Crippen molar-refractivity contribution in [2.75, 3.05) is 27.3 Å². The summed E-state index contributed by atoms with van der Waals surface area (Å²) in [4.78, 5) is 25.0. The van der Waals surface area contributed by atoms with E-state index >= 15 is 0 Å². The van der Waals surface area contributed by atoms with Crippen LogP contribution < -0.4 is 14.8 Å². The number of carbonyl (C=O) groups is 2. The molecule has 1 aliphatic carbocycles. The number of carboxylic acid groups (broad SMARTS) is 1. The Kier molecular flexibility index (Phi) is 6.19. The molecular formula is C17H23FN2O5. The molecule has 138 valence electrons. The van der Waals surface area contributed by atoms with Gasteiger partial charge in [0.25, 0.3) is 5.91 Å². The van der Waals surface area contributed by atoms with E-state index in [-0.39, 0.29) is 35.7 Å². The lowest BCUT2D eigenvalue weighted by Gasteiger charge is -2.42. The molecule has 0 radical (unpaired) electrons. The molecule has 0 unspecified atom stereocenters. The SMILES string of the molecule is CCN(CC(=O)O)C1CC(NC(=O)c2cc(OC)c(OC)cc2F)C1. The molecule has 2 rings (SSSR count). The number of aliphatic carboxylic acids is 1. The number of hydrogen-bond acceptors (Lipinski definition) is 5. The number of likely N-dealkylation sites (N-methyl/N-ethyl adjacent to an activating group) is 1. The van der Waals surface area contributed by atoms with Crippen LogP contribution in [0.4, 0.5) is 4.39 Å². The lowest BCUT2D eigenvalue weighted by molar-refractivity contribution is -0.139. The number of ether oxygens (including phenoxy) is 2. The van der Waals surface area contributed by atoms with Gasteiger partial charge in [-0.15, -0.1) is 0 Å². The predicted octanol–water partition coefficient (Wildman–Crippen LogP) is 1.51. The maximum absolute atomic E-state index is 14.1. The van der Waals surface area contributed by atoms with Gasteiger partial charge in [-0.3, -0.25) is 14.5 Å². The third kappa shape index (κ3) is 4.39. The summed E-state index contributed by atoms with van der Waals surface area (Å²) in [6.45, 7) is 2.50. The van der Waals surface area contributed by atoms with E-state index in [1.54, 1.807) is 0 Å². The summed E-state index contributed by atoms with van der Waals surface area (Å²) in [6.07, 6.45) is 1.28. The van der Waals surface area contributed by atoms with Crippen molar-refractivity contribution in [2.45, 2.75) is 31.8 Å². The average Bonchev–Trinajstić information content (AvgIpc) is 2.55. The molecule has 0 atom stereocenters. The fraction of sp³-hybridized carbons (Fsp3) is 0.529. The second kappa shape index (κ2) is 8.15. The highest BCUT2D eigenvalue weighted by atomic mass is 19.1. The van der Waals surface area contributed by atoms with Crippen LogP contribution >= 0.6 is 0 Å². The molecule has 8 heteroatoms. The van der Waals surface area contributed by atoms with Gasteiger partial charge in [-0.1, -0.05) is 6.92 Å². The quantitative estimate of drug-likeness (QED) is 0.736. The predicted molar refractivity (Wildman–Crippen MR) is 88.7 cm³/mol. The molecule has 1 aromatic carbocycles. The van der Waals surface area contributed by atoms with Crippen LogP contribution in [-0.2, 0) is 4.79 Å². The van der Waals surface area contributed by atoms with Gasteiger partial charge in [-0.25, -0.2) is 4.39 Å². The molecule has 0 aromatic heterocycles. The molecule has 2 N–H and O–H groups in total. The Morgan fingerprint density at radius 1 is 1.28 bits per heavy atom. The fourth-order valence-corrected chi connectivity index (χ4v) is 2.97. The van der Waals surface area contributed by atoms with E-state index in [2.05, 4.69) is 5.32 Å². The molecule has 0 saturated heterocycles. The van der Waals surface area contributed by atoms with Crippen molar-refractivity contribution in [1.29, 1.82) is 0 Å². The summed E-state index contributed by atoms with van der Waals surface area (Å²) in [6, 6.07) is 2.43. The van der Waals surface area contributed by atoms with Gasteiger partial charge in [-0.05, 0) is 25.5 Å². The Morgan fingerprint density at radius 3 is 2.40 bits per heavy atom. The second-order valence-corrected chi connectivity index (χ2v) is 5.94. The van der Waals surface area contributed by atoms with Crippen molar-refractivity contribution < 1.29 is 28.6 Å². The lowest BCUT2D eigenvalue weighted by Crippen LogP contribution is -2.54. The summed E-state index contributed by atoms with van der Waals surface area (Å²) in [5.74, 6) is -1.59. The Bertz CT molecular complexity index is 646. The summed E-state index contributed by atoms with van der Waals surface area (Å²) in [7, 11) is 2.80. The maximum Gasteiger partial charge on any atom is 0.317 e. The molecule has 0 aliphatic heterocycles. The molecule has 1 aromatic rings. The second-order valence-electron chi connectivity index (χ2n) is 5.94. The van der Waals surface area contributed by atoms with Crippen molar-refractivity contribution in [2.24, 2.45) is 0 Å². The highest BCUT2D eigenvalue weighted by Gasteiger charge is 2.35. The number of methoxy groups -OCH3 is 2. The van der Waals surface area contributed by atoms with Gasteiger partial charge < -0.3 is 19.9 Å². The fourth-order valence-electron chi connectivity index (χ4n) is 2.97. The summed E-state index contributed by atoms with van der Waals surface area (Å²) >= 11 is 0. The molecule has 0 bridgehead atoms. The minimum Gasteiger partial charge on any atom is -0.493 e. The topological polar surface area (TPSA) is 88.1 Å². The first-order valence-corrected chi connectivity index (χ1v) is 8.07. The number of carbonyl (C=O) groups excluding carboxylic acids is 1. The van der Waals surface area contributed by atoms with Crippen molar-refractivity contribution in [3.63, 3.8) is 0 Å². The third-order valence-electron chi connectivity index (χ3n) is 4.43. The Morgan fingerprint density at radius 2 is 1.88 bits per heavy atom. The first-order chi connectivity index (χ1) is 11.9. The van der Waals surface area contributed by atoms with Crippen molar-refractivity contribution >= 4 is 11.9 Å². The number of rotatable bonds is 8. The van der Waals surface area contributed by atoms with E-state index in [9.17, 15) is 14.0 Å². The Hall–Kier alpha value is -2.35. The van der Waals surface area contributed by atoms with E-state index < -0.39 is 17.7 Å². The average molecular weight is 354 g/mol. The minimum absolute atomic E-state index is 0.0217. The van der Waals surface area contributed by atoms with Gasteiger partial charge in [0.05, 0.1) is 26.3 Å². The highest BCUT2D eigenvalue weighted by molar-refractivity contribution is 5.95. The minimum atomic E-state index is -0.873. The van der Waals surface area contributed by atoms with E-state index in [1.165, 1.54) is 20.3 Å². The Balaban J connectivity index is 1.97. The van der Waals surface area contributed by atoms with Gasteiger partial charge in [-0.2, -0.15) is 0 Å². The molecule has 1 aliphatic rings. The summed E-state index contributed by atoms with van der Waals surface area (Å²) in [5, 5.41) is 11.7. The molecule has 25 heavy (non-hydrogen) atoms. The van der Waals surface area contributed by atoms with Crippen LogP contribution in [0, 0.1) is 5.82 Å². The first kappa shape index (κ1) is 19.0. The normalized spacial score (nSPS) is 19.2. The smallest absolute Gasteiger partial charge is 0.317 e. The number of nitrogens with one attached hydrogen (secondary N) is 1. The molecule has 1 amide bonds. The summed E-state index contributed by atoms with van der Waals surface area (Å²) < 4.78 is 24.2. The summed E-state index contributed by atoms with van der Waals surface area (Å²) in [5.41, 5.74) is -0.112. The van der Waals surface area contributed by atoms with Crippen LogP contribution in [0.1, 0.15) is 30.1 Å². The number of amides is 1. The lowest BCUT2D eigenvalue weighted by atomic mass is 9.85. The van der Waals surface area contributed by atoms with Gasteiger partial charge in [0.2, 0.25) is 0 Å². The van der Waals surface area contributed by atoms with Crippen LogP contribution in [-0.4, -0.2) is 61.3 Å². The number of benzene rings is 1. The van der Waals surface area contributed by atoms with E-state index in [1.807, 2.05) is 11.8 Å². The molecule has 1 fully saturated rings. The van der Waals surface area contributed by atoms with Gasteiger partial charge >= 0.3 is 5.97 Å². The molecular weight excluding hydrogens is 331 g/mol. The van der Waals surface area contributed by atoms with Gasteiger partial charge in [0.15, 0.2) is 11.5 Å². The van der Waals surface area contributed by atoms with Crippen molar-refractivity contribution in [1.82, 2.24) is 10.2 Å². The third-order valence-corrected chi connectivity index (χ3v) is 4.43. The van der Waals surface area contributed by atoms with E-state index in [4.69, 9.17) is 14.6 Å². The Labute approximate surface area is 145 Å². The van der Waals surface area contributed by atoms with Crippen molar-refractivity contribution in [3.8, 4) is 11.5 Å². The van der Waals surface area contributed by atoms with Crippen LogP contribution in [0.25, 0.3) is 0 Å². The van der Waals surface area contributed by atoms with Crippen LogP contribution in [0.2, 0.25) is 0 Å². The zero-order valence-electron chi connectivity index (χ0n) is 14.5. The number of halogens is 1. The van der Waals surface area contributed by atoms with E-state index in [0.29, 0.717) is 19.4 Å². The number of carboxylic acids is 1. The zero-order chi connectivity index (χ0) is 18.6. The zero-order valence-corrected chi connectivity index (χ0v) is 14.5. The monoisotopic (exact) mass is 354 g/mol. The van der Waals surface area contributed by atoms with Crippen LogP contribution in [0.3, 0.4) is 0 Å². The number of hydrogen-bond donors (Lipinski definition) is 2. The van der Waals surface area contributed by atoms with Crippen LogP contribution in [0.5, 0.6) is 11.5 Å². The molecule has 1 saturated carbocycles. The van der Waals surface area contributed by atoms with Crippen LogP contribution in [0.15, 0.2) is 12.1 Å². The molecule has 0 heterocycles. The number of nitrogens with zero attached hydrogens (tertiary/aromatic N) is 1.